The van der Waals surface area contributed by atoms with Crippen LogP contribution >= 0.6 is 0 Å². The van der Waals surface area contributed by atoms with Crippen molar-refractivity contribution in [1.82, 2.24) is 10.2 Å². The van der Waals surface area contributed by atoms with Crippen LogP contribution in [0.1, 0.15) is 59.3 Å². The van der Waals surface area contributed by atoms with Gasteiger partial charge in [-0.1, -0.05) is 26.7 Å². The van der Waals surface area contributed by atoms with E-state index < -0.39 is 0 Å². The van der Waals surface area contributed by atoms with Gasteiger partial charge in [-0.05, 0) is 51.0 Å². The van der Waals surface area contributed by atoms with Crippen molar-refractivity contribution in [3.63, 3.8) is 0 Å². The zero-order valence-corrected chi connectivity index (χ0v) is 12.6. The van der Waals surface area contributed by atoms with E-state index in [-0.39, 0.29) is 0 Å². The smallest absolute Gasteiger partial charge is 0.0198 e. The number of hydrogen-bond acceptors (Lipinski definition) is 2. The molecule has 0 amide bonds. The lowest BCUT2D eigenvalue weighted by atomic mass is 9.78. The molecule has 2 aliphatic rings. The Morgan fingerprint density at radius 1 is 1.22 bits per heavy atom. The third-order valence-electron chi connectivity index (χ3n) is 5.23. The van der Waals surface area contributed by atoms with Gasteiger partial charge in [-0.25, -0.2) is 0 Å². The summed E-state index contributed by atoms with van der Waals surface area (Å²) in [5, 5.41) is 3.75. The first-order chi connectivity index (χ1) is 8.74. The summed E-state index contributed by atoms with van der Waals surface area (Å²) in [5.41, 5.74) is 0. The highest BCUT2D eigenvalue weighted by Gasteiger charge is 2.33. The van der Waals surface area contributed by atoms with E-state index in [9.17, 15) is 0 Å². The molecule has 0 radical (unpaired) electrons. The standard InChI is InChI=1S/C16H32N2/c1-4-9-17-16-10-14(5-2)11-18(12-16)13(3)15-7-6-8-15/h13-17H,4-12H2,1-3H3. The first-order valence-electron chi connectivity index (χ1n) is 8.22. The topological polar surface area (TPSA) is 15.3 Å². The van der Waals surface area contributed by atoms with Crippen molar-refractivity contribution in [3.8, 4) is 0 Å². The van der Waals surface area contributed by atoms with E-state index in [1.807, 2.05) is 0 Å². The van der Waals surface area contributed by atoms with Crippen LogP contribution in [0.25, 0.3) is 0 Å². The average molecular weight is 252 g/mol. The predicted octanol–water partition coefficient (Wildman–Crippen LogP) is 3.28. The van der Waals surface area contributed by atoms with Crippen LogP contribution in [0.15, 0.2) is 0 Å². The molecule has 1 saturated heterocycles. The molecule has 18 heavy (non-hydrogen) atoms. The third-order valence-corrected chi connectivity index (χ3v) is 5.23. The minimum atomic E-state index is 0.742. The Morgan fingerprint density at radius 2 is 2.00 bits per heavy atom. The molecular weight excluding hydrogens is 220 g/mol. The summed E-state index contributed by atoms with van der Waals surface area (Å²) in [6.07, 6.45) is 8.41. The second-order valence-corrected chi connectivity index (χ2v) is 6.55. The fourth-order valence-corrected chi connectivity index (χ4v) is 3.59. The van der Waals surface area contributed by atoms with Crippen LogP contribution in [0.2, 0.25) is 0 Å². The van der Waals surface area contributed by atoms with Gasteiger partial charge < -0.3 is 5.32 Å². The molecule has 1 N–H and O–H groups in total. The van der Waals surface area contributed by atoms with E-state index in [0.717, 1.165) is 23.9 Å². The van der Waals surface area contributed by atoms with Crippen LogP contribution in [-0.4, -0.2) is 36.6 Å². The lowest BCUT2D eigenvalue weighted by molar-refractivity contribution is 0.0508. The van der Waals surface area contributed by atoms with Crippen molar-refractivity contribution in [3.05, 3.63) is 0 Å². The number of nitrogens with zero attached hydrogens (tertiary/aromatic N) is 1. The fourth-order valence-electron chi connectivity index (χ4n) is 3.59. The van der Waals surface area contributed by atoms with Crippen LogP contribution in [0.3, 0.4) is 0 Å². The quantitative estimate of drug-likeness (QED) is 0.780. The van der Waals surface area contributed by atoms with Gasteiger partial charge >= 0.3 is 0 Å². The van der Waals surface area contributed by atoms with Gasteiger partial charge in [-0.3, -0.25) is 4.90 Å². The molecule has 2 fully saturated rings. The Balaban J connectivity index is 1.87. The Kier molecular flexibility index (Phi) is 5.50. The maximum Gasteiger partial charge on any atom is 0.0198 e. The third kappa shape index (κ3) is 3.48. The average Bonchev–Trinajstić information content (AvgIpc) is 2.33. The van der Waals surface area contributed by atoms with Crippen LogP contribution in [-0.2, 0) is 0 Å². The molecule has 0 aromatic rings. The van der Waals surface area contributed by atoms with E-state index in [4.69, 9.17) is 0 Å². The highest BCUT2D eigenvalue weighted by atomic mass is 15.2. The lowest BCUT2D eigenvalue weighted by Gasteiger charge is -2.45. The van der Waals surface area contributed by atoms with Gasteiger partial charge in [0, 0.05) is 25.2 Å². The largest absolute Gasteiger partial charge is 0.313 e. The molecule has 1 aliphatic carbocycles. The Morgan fingerprint density at radius 3 is 2.56 bits per heavy atom. The summed E-state index contributed by atoms with van der Waals surface area (Å²) in [7, 11) is 0. The zero-order chi connectivity index (χ0) is 13.0. The van der Waals surface area contributed by atoms with Crippen molar-refractivity contribution in [2.24, 2.45) is 11.8 Å². The Hall–Kier alpha value is -0.0800. The van der Waals surface area contributed by atoms with Gasteiger partial charge in [-0.15, -0.1) is 0 Å². The van der Waals surface area contributed by atoms with E-state index in [0.29, 0.717) is 0 Å². The van der Waals surface area contributed by atoms with Gasteiger partial charge in [0.1, 0.15) is 0 Å². The van der Waals surface area contributed by atoms with E-state index >= 15 is 0 Å². The molecular formula is C16H32N2. The Bertz CT molecular complexity index is 237. The molecule has 2 rings (SSSR count). The van der Waals surface area contributed by atoms with E-state index in [1.54, 1.807) is 0 Å². The van der Waals surface area contributed by atoms with E-state index in [2.05, 4.69) is 31.0 Å². The second-order valence-electron chi connectivity index (χ2n) is 6.55. The SMILES string of the molecule is CCCNC1CC(CC)CN(C(C)C2CCC2)C1. The summed E-state index contributed by atoms with van der Waals surface area (Å²) >= 11 is 0. The molecule has 1 heterocycles. The van der Waals surface area contributed by atoms with Crippen molar-refractivity contribution >= 4 is 0 Å². The second kappa shape index (κ2) is 6.91. The van der Waals surface area contributed by atoms with Crippen molar-refractivity contribution in [2.45, 2.75) is 71.4 Å². The van der Waals surface area contributed by atoms with Crippen molar-refractivity contribution in [2.75, 3.05) is 19.6 Å². The van der Waals surface area contributed by atoms with Gasteiger partial charge in [0.25, 0.3) is 0 Å². The van der Waals surface area contributed by atoms with E-state index in [1.165, 1.54) is 58.2 Å². The molecule has 3 unspecified atom stereocenters. The molecule has 3 atom stereocenters. The molecule has 2 heteroatoms. The number of piperidine rings is 1. The van der Waals surface area contributed by atoms with Gasteiger partial charge in [0.2, 0.25) is 0 Å². The monoisotopic (exact) mass is 252 g/mol. The van der Waals surface area contributed by atoms with Gasteiger partial charge in [-0.2, -0.15) is 0 Å². The predicted molar refractivity (Wildman–Crippen MR) is 78.9 cm³/mol. The molecule has 0 spiro atoms. The molecule has 106 valence electrons. The van der Waals surface area contributed by atoms with Crippen LogP contribution in [0.4, 0.5) is 0 Å². The summed E-state index contributed by atoms with van der Waals surface area (Å²) in [4.78, 5) is 2.79. The maximum atomic E-state index is 3.75. The van der Waals surface area contributed by atoms with Crippen LogP contribution < -0.4 is 5.32 Å². The van der Waals surface area contributed by atoms with Crippen LogP contribution in [0, 0.1) is 11.8 Å². The summed E-state index contributed by atoms with van der Waals surface area (Å²) in [6.45, 7) is 10.9. The summed E-state index contributed by atoms with van der Waals surface area (Å²) in [6, 6.07) is 1.56. The Labute approximate surface area is 114 Å². The highest BCUT2D eigenvalue weighted by Crippen LogP contribution is 2.34. The minimum Gasteiger partial charge on any atom is -0.313 e. The lowest BCUT2D eigenvalue weighted by Crippen LogP contribution is -2.54. The molecule has 2 nitrogen and oxygen atoms in total. The first kappa shape index (κ1) is 14.3. The number of rotatable bonds is 6. The molecule has 0 aromatic heterocycles. The molecule has 0 aromatic carbocycles. The highest BCUT2D eigenvalue weighted by molar-refractivity contribution is 4.89. The van der Waals surface area contributed by atoms with Gasteiger partial charge in [0.05, 0.1) is 0 Å². The number of nitrogens with one attached hydrogen (secondary N) is 1. The number of hydrogen-bond donors (Lipinski definition) is 1. The molecule has 1 saturated carbocycles. The zero-order valence-electron chi connectivity index (χ0n) is 12.6. The first-order valence-corrected chi connectivity index (χ1v) is 8.22. The fraction of sp³-hybridized carbons (Fsp3) is 1.00. The maximum absolute atomic E-state index is 3.75. The molecule has 0 bridgehead atoms. The van der Waals surface area contributed by atoms with Crippen LogP contribution in [0.5, 0.6) is 0 Å². The number of likely N-dealkylation sites (tertiary alicyclic amines) is 1. The summed E-state index contributed by atoms with van der Waals surface area (Å²) in [5.74, 6) is 1.91. The normalized spacial score (nSPS) is 32.2. The van der Waals surface area contributed by atoms with Crippen molar-refractivity contribution < 1.29 is 0 Å². The van der Waals surface area contributed by atoms with Crippen molar-refractivity contribution in [1.29, 1.82) is 0 Å². The minimum absolute atomic E-state index is 0.742. The molecule has 1 aliphatic heterocycles. The summed E-state index contributed by atoms with van der Waals surface area (Å²) < 4.78 is 0. The van der Waals surface area contributed by atoms with Gasteiger partial charge in [0.15, 0.2) is 0 Å².